The van der Waals surface area contributed by atoms with Crippen LogP contribution in [-0.2, 0) is 6.54 Å². The molecule has 1 aromatic rings. The van der Waals surface area contributed by atoms with Crippen molar-refractivity contribution in [2.24, 2.45) is 11.7 Å². The third-order valence-electron chi connectivity index (χ3n) is 3.98. The number of hydrogen-bond acceptors (Lipinski definition) is 2. The van der Waals surface area contributed by atoms with Gasteiger partial charge in [-0.15, -0.1) is 0 Å². The molecule has 3 nitrogen and oxygen atoms in total. The molecule has 0 radical (unpaired) electrons. The van der Waals surface area contributed by atoms with Crippen LogP contribution in [0.3, 0.4) is 0 Å². The van der Waals surface area contributed by atoms with E-state index in [1.54, 1.807) is 6.20 Å². The summed E-state index contributed by atoms with van der Waals surface area (Å²) in [6.45, 7) is 3.04. The highest BCUT2D eigenvalue weighted by Gasteiger charge is 2.20. The second kappa shape index (κ2) is 6.58. The van der Waals surface area contributed by atoms with Crippen molar-refractivity contribution in [1.82, 2.24) is 9.78 Å². The van der Waals surface area contributed by atoms with Gasteiger partial charge in [-0.05, 0) is 25.2 Å². The topological polar surface area (TPSA) is 43.8 Å². The molecule has 0 amide bonds. The van der Waals surface area contributed by atoms with Crippen molar-refractivity contribution in [2.45, 2.75) is 64.5 Å². The lowest BCUT2D eigenvalue weighted by Gasteiger charge is -2.16. The van der Waals surface area contributed by atoms with E-state index in [1.165, 1.54) is 32.1 Å². The Morgan fingerprint density at radius 2 is 2.22 bits per heavy atom. The number of nitrogens with zero attached hydrogens (tertiary/aromatic N) is 2. The molecule has 1 aliphatic rings. The molecule has 0 aromatic carbocycles. The number of hydrogen-bond donors (Lipinski definition) is 1. The SMILES string of the molecule is CCCn1ncc(Cl)c1C(N)CCC1CCCC1. The highest BCUT2D eigenvalue weighted by atomic mass is 35.5. The number of rotatable bonds is 6. The summed E-state index contributed by atoms with van der Waals surface area (Å²) in [6, 6.07) is 0.0344. The van der Waals surface area contributed by atoms with Crippen molar-refractivity contribution in [1.29, 1.82) is 0 Å². The number of halogens is 1. The lowest BCUT2D eigenvalue weighted by atomic mass is 9.97. The first-order valence-electron chi connectivity index (χ1n) is 7.19. The van der Waals surface area contributed by atoms with Gasteiger partial charge in [-0.3, -0.25) is 4.68 Å². The fraction of sp³-hybridized carbons (Fsp3) is 0.786. The molecular formula is C14H24ClN3. The zero-order valence-corrected chi connectivity index (χ0v) is 12.0. The third-order valence-corrected chi connectivity index (χ3v) is 4.27. The summed E-state index contributed by atoms with van der Waals surface area (Å²) >= 11 is 6.21. The minimum absolute atomic E-state index is 0.0344. The van der Waals surface area contributed by atoms with E-state index in [-0.39, 0.29) is 6.04 Å². The lowest BCUT2D eigenvalue weighted by molar-refractivity contribution is 0.436. The van der Waals surface area contributed by atoms with Crippen LogP contribution >= 0.6 is 11.6 Å². The van der Waals surface area contributed by atoms with Crippen molar-refractivity contribution in [3.63, 3.8) is 0 Å². The van der Waals surface area contributed by atoms with E-state index < -0.39 is 0 Å². The summed E-state index contributed by atoms with van der Waals surface area (Å²) in [6.07, 6.45) is 10.6. The Morgan fingerprint density at radius 1 is 1.50 bits per heavy atom. The molecule has 102 valence electrons. The molecule has 2 N–H and O–H groups in total. The van der Waals surface area contributed by atoms with Gasteiger partial charge in [-0.2, -0.15) is 5.10 Å². The van der Waals surface area contributed by atoms with Crippen LogP contribution in [0.15, 0.2) is 6.20 Å². The maximum absolute atomic E-state index is 6.30. The first-order chi connectivity index (χ1) is 8.72. The largest absolute Gasteiger partial charge is 0.323 e. The summed E-state index contributed by atoms with van der Waals surface area (Å²) in [4.78, 5) is 0. The molecule has 18 heavy (non-hydrogen) atoms. The molecule has 1 unspecified atom stereocenters. The van der Waals surface area contributed by atoms with Gasteiger partial charge >= 0.3 is 0 Å². The van der Waals surface area contributed by atoms with Crippen molar-refractivity contribution < 1.29 is 0 Å². The molecule has 1 aromatic heterocycles. The zero-order chi connectivity index (χ0) is 13.0. The molecule has 0 bridgehead atoms. The summed E-state index contributed by atoms with van der Waals surface area (Å²) < 4.78 is 1.97. The average molecular weight is 270 g/mol. The summed E-state index contributed by atoms with van der Waals surface area (Å²) in [5, 5.41) is 5.04. The van der Waals surface area contributed by atoms with Gasteiger partial charge in [-0.1, -0.05) is 44.2 Å². The zero-order valence-electron chi connectivity index (χ0n) is 11.2. The fourth-order valence-corrected chi connectivity index (χ4v) is 3.26. The molecule has 2 rings (SSSR count). The van der Waals surface area contributed by atoms with Crippen LogP contribution in [0.5, 0.6) is 0 Å². The minimum atomic E-state index is 0.0344. The van der Waals surface area contributed by atoms with E-state index in [0.29, 0.717) is 0 Å². The Hall–Kier alpha value is -0.540. The quantitative estimate of drug-likeness (QED) is 0.851. The van der Waals surface area contributed by atoms with Crippen LogP contribution in [0.1, 0.15) is 63.6 Å². The van der Waals surface area contributed by atoms with Crippen LogP contribution in [-0.4, -0.2) is 9.78 Å². The summed E-state index contributed by atoms with van der Waals surface area (Å²) in [5.74, 6) is 0.886. The van der Waals surface area contributed by atoms with E-state index >= 15 is 0 Å². The molecule has 1 atom stereocenters. The van der Waals surface area contributed by atoms with Crippen LogP contribution in [0.2, 0.25) is 5.02 Å². The van der Waals surface area contributed by atoms with E-state index in [1.807, 2.05) is 4.68 Å². The Labute approximate surface area is 115 Å². The first kappa shape index (κ1) is 13.9. The second-order valence-corrected chi connectivity index (χ2v) is 5.84. The molecule has 0 spiro atoms. The highest BCUT2D eigenvalue weighted by molar-refractivity contribution is 6.31. The standard InChI is InChI=1S/C14H24ClN3/c1-2-9-18-14(12(15)10-17-18)13(16)8-7-11-5-3-4-6-11/h10-11,13H,2-9,16H2,1H3. The van der Waals surface area contributed by atoms with Crippen molar-refractivity contribution in [2.75, 3.05) is 0 Å². The van der Waals surface area contributed by atoms with Gasteiger partial charge in [0.05, 0.1) is 16.9 Å². The van der Waals surface area contributed by atoms with Gasteiger partial charge in [0.15, 0.2) is 0 Å². The van der Waals surface area contributed by atoms with Crippen LogP contribution in [0, 0.1) is 5.92 Å². The number of nitrogens with two attached hydrogens (primary N) is 1. The van der Waals surface area contributed by atoms with E-state index in [0.717, 1.165) is 36.0 Å². The molecule has 1 saturated carbocycles. The Morgan fingerprint density at radius 3 is 2.89 bits per heavy atom. The third kappa shape index (κ3) is 3.27. The van der Waals surface area contributed by atoms with E-state index in [4.69, 9.17) is 17.3 Å². The maximum Gasteiger partial charge on any atom is 0.0834 e. The van der Waals surface area contributed by atoms with Gasteiger partial charge in [-0.25, -0.2) is 0 Å². The predicted octanol–water partition coefficient (Wildman–Crippen LogP) is 3.92. The molecule has 0 saturated heterocycles. The monoisotopic (exact) mass is 269 g/mol. The van der Waals surface area contributed by atoms with Crippen molar-refractivity contribution >= 4 is 11.6 Å². The highest BCUT2D eigenvalue weighted by Crippen LogP contribution is 2.32. The van der Waals surface area contributed by atoms with Crippen LogP contribution in [0.25, 0.3) is 0 Å². The molecule has 1 heterocycles. The number of aromatic nitrogens is 2. The van der Waals surface area contributed by atoms with Gasteiger partial charge in [0.2, 0.25) is 0 Å². The van der Waals surface area contributed by atoms with E-state index in [2.05, 4.69) is 12.0 Å². The summed E-state index contributed by atoms with van der Waals surface area (Å²) in [5.41, 5.74) is 7.33. The Bertz CT molecular complexity index is 369. The normalized spacial score (nSPS) is 18.4. The van der Waals surface area contributed by atoms with Crippen LogP contribution in [0.4, 0.5) is 0 Å². The predicted molar refractivity (Wildman–Crippen MR) is 75.6 cm³/mol. The second-order valence-electron chi connectivity index (χ2n) is 5.44. The van der Waals surface area contributed by atoms with Crippen LogP contribution < -0.4 is 5.73 Å². The smallest absolute Gasteiger partial charge is 0.0834 e. The van der Waals surface area contributed by atoms with Crippen molar-refractivity contribution in [3.8, 4) is 0 Å². The average Bonchev–Trinajstić information content (AvgIpc) is 2.97. The van der Waals surface area contributed by atoms with Gasteiger partial charge in [0.1, 0.15) is 0 Å². The molecule has 1 aliphatic carbocycles. The molecule has 4 heteroatoms. The van der Waals surface area contributed by atoms with Crippen molar-refractivity contribution in [3.05, 3.63) is 16.9 Å². The maximum atomic E-state index is 6.30. The van der Waals surface area contributed by atoms with Gasteiger partial charge in [0, 0.05) is 12.6 Å². The molecule has 0 aliphatic heterocycles. The number of aryl methyl sites for hydroxylation is 1. The first-order valence-corrected chi connectivity index (χ1v) is 7.57. The van der Waals surface area contributed by atoms with Gasteiger partial charge in [0.25, 0.3) is 0 Å². The molecular weight excluding hydrogens is 246 g/mol. The van der Waals surface area contributed by atoms with Gasteiger partial charge < -0.3 is 5.73 Å². The van der Waals surface area contributed by atoms with E-state index in [9.17, 15) is 0 Å². The summed E-state index contributed by atoms with van der Waals surface area (Å²) in [7, 11) is 0. The lowest BCUT2D eigenvalue weighted by Crippen LogP contribution is -2.17. The Kier molecular flexibility index (Phi) is 5.07. The molecule has 1 fully saturated rings. The fourth-order valence-electron chi connectivity index (χ4n) is 2.98. The Balaban J connectivity index is 1.94. The minimum Gasteiger partial charge on any atom is -0.323 e.